The summed E-state index contributed by atoms with van der Waals surface area (Å²) in [5.41, 5.74) is 2.41. The Morgan fingerprint density at radius 3 is 2.64 bits per heavy atom. The lowest BCUT2D eigenvalue weighted by atomic mass is 10.2. The zero-order valence-corrected chi connectivity index (χ0v) is 15.3. The van der Waals surface area contributed by atoms with Crippen LogP contribution in [0, 0.1) is 0 Å². The van der Waals surface area contributed by atoms with E-state index in [0.717, 1.165) is 21.4 Å². The van der Waals surface area contributed by atoms with Crippen molar-refractivity contribution in [2.24, 2.45) is 5.10 Å². The van der Waals surface area contributed by atoms with Crippen molar-refractivity contribution >= 4 is 44.1 Å². The van der Waals surface area contributed by atoms with E-state index >= 15 is 0 Å². The van der Waals surface area contributed by atoms with Crippen molar-refractivity contribution in [2.75, 3.05) is 12.0 Å². The number of hydrogen-bond donors (Lipinski definition) is 1. The number of rotatable bonds is 6. The first-order valence-corrected chi connectivity index (χ1v) is 8.73. The number of esters is 1. The SMILES string of the molecule is CCOC(=O)C/C(=N\Nc1nc(-c2ccc(Br)cc2)cs1)C(F)(F)F. The zero-order chi connectivity index (χ0) is 18.4. The highest BCUT2D eigenvalue weighted by molar-refractivity contribution is 9.10. The predicted molar refractivity (Wildman–Crippen MR) is 93.6 cm³/mol. The normalized spacial score (nSPS) is 12.1. The smallest absolute Gasteiger partial charge is 0.431 e. The molecule has 0 aliphatic rings. The lowest BCUT2D eigenvalue weighted by Crippen LogP contribution is -2.27. The van der Waals surface area contributed by atoms with Gasteiger partial charge in [0.05, 0.1) is 18.7 Å². The van der Waals surface area contributed by atoms with Crippen molar-refractivity contribution in [1.82, 2.24) is 4.98 Å². The van der Waals surface area contributed by atoms with Crippen LogP contribution < -0.4 is 5.43 Å². The van der Waals surface area contributed by atoms with Gasteiger partial charge in [0, 0.05) is 15.4 Å². The topological polar surface area (TPSA) is 63.6 Å². The van der Waals surface area contributed by atoms with E-state index in [1.54, 1.807) is 5.38 Å². The monoisotopic (exact) mass is 435 g/mol. The van der Waals surface area contributed by atoms with Crippen molar-refractivity contribution in [3.63, 3.8) is 0 Å². The standard InChI is InChI=1S/C15H13BrF3N3O2S/c1-2-24-13(23)7-12(15(17,18)19)21-22-14-20-11(8-25-14)9-3-5-10(16)6-4-9/h3-6,8H,2,7H2,1H3,(H,20,22)/b21-12+. The number of carbonyl (C=O) groups excluding carboxylic acids is 1. The maximum atomic E-state index is 12.9. The van der Waals surface area contributed by atoms with Crippen molar-refractivity contribution in [3.05, 3.63) is 34.1 Å². The number of carbonyl (C=O) groups is 1. The average Bonchev–Trinajstić information content (AvgIpc) is 3.00. The summed E-state index contributed by atoms with van der Waals surface area (Å²) in [6, 6.07) is 7.32. The highest BCUT2D eigenvalue weighted by Gasteiger charge is 2.37. The minimum absolute atomic E-state index is 0.000426. The molecule has 0 aliphatic heterocycles. The van der Waals surface area contributed by atoms with E-state index in [4.69, 9.17) is 0 Å². The van der Waals surface area contributed by atoms with E-state index in [0.29, 0.717) is 5.69 Å². The molecule has 10 heteroatoms. The zero-order valence-electron chi connectivity index (χ0n) is 12.9. The molecule has 0 radical (unpaired) electrons. The molecular formula is C15H13BrF3N3O2S. The Kier molecular flexibility index (Phi) is 6.54. The summed E-state index contributed by atoms with van der Waals surface area (Å²) >= 11 is 4.43. The number of hydrazone groups is 1. The summed E-state index contributed by atoms with van der Waals surface area (Å²) < 4.78 is 44.2. The molecule has 0 saturated carbocycles. The highest BCUT2D eigenvalue weighted by atomic mass is 79.9. The maximum absolute atomic E-state index is 12.9. The van der Waals surface area contributed by atoms with Crippen LogP contribution in [0.5, 0.6) is 0 Å². The fourth-order valence-electron chi connectivity index (χ4n) is 1.75. The third-order valence-electron chi connectivity index (χ3n) is 2.88. The van der Waals surface area contributed by atoms with E-state index in [2.05, 4.69) is 36.2 Å². The largest absolute Gasteiger partial charge is 0.466 e. The summed E-state index contributed by atoms with van der Waals surface area (Å²) in [7, 11) is 0. The predicted octanol–water partition coefficient (Wildman–Crippen LogP) is 4.86. The molecular weight excluding hydrogens is 423 g/mol. The molecule has 1 heterocycles. The molecule has 0 bridgehead atoms. The second-order valence-corrected chi connectivity index (χ2v) is 6.47. The number of nitrogens with one attached hydrogen (secondary N) is 1. The van der Waals surface area contributed by atoms with Crippen LogP contribution in [-0.2, 0) is 9.53 Å². The molecule has 0 spiro atoms. The summed E-state index contributed by atoms with van der Waals surface area (Å²) in [6.07, 6.45) is -5.71. The van der Waals surface area contributed by atoms with Crippen molar-refractivity contribution < 1.29 is 22.7 Å². The highest BCUT2D eigenvalue weighted by Crippen LogP contribution is 2.27. The Hall–Kier alpha value is -1.94. The number of aromatic nitrogens is 1. The molecule has 2 rings (SSSR count). The number of alkyl halides is 3. The van der Waals surface area contributed by atoms with Gasteiger partial charge in [-0.1, -0.05) is 28.1 Å². The number of benzene rings is 1. The van der Waals surface area contributed by atoms with Crippen LogP contribution in [0.15, 0.2) is 39.2 Å². The Morgan fingerprint density at radius 1 is 1.36 bits per heavy atom. The van der Waals surface area contributed by atoms with Crippen molar-refractivity contribution in [2.45, 2.75) is 19.5 Å². The maximum Gasteiger partial charge on any atom is 0.431 e. The van der Waals surface area contributed by atoms with Gasteiger partial charge in [0.2, 0.25) is 5.13 Å². The van der Waals surface area contributed by atoms with Gasteiger partial charge in [0.25, 0.3) is 0 Å². The van der Waals surface area contributed by atoms with Gasteiger partial charge in [0.15, 0.2) is 5.71 Å². The van der Waals surface area contributed by atoms with Crippen molar-refractivity contribution in [1.29, 1.82) is 0 Å². The fourth-order valence-corrected chi connectivity index (χ4v) is 2.67. The van der Waals surface area contributed by atoms with Crippen molar-refractivity contribution in [3.8, 4) is 11.3 Å². The van der Waals surface area contributed by atoms with Gasteiger partial charge in [-0.05, 0) is 19.1 Å². The third kappa shape index (κ3) is 5.82. The van der Waals surface area contributed by atoms with Crippen LogP contribution in [-0.4, -0.2) is 29.4 Å². The number of ether oxygens (including phenoxy) is 1. The number of thiazole rings is 1. The molecule has 0 amide bonds. The van der Waals surface area contributed by atoms with E-state index in [1.807, 2.05) is 24.3 Å². The Morgan fingerprint density at radius 2 is 2.04 bits per heavy atom. The summed E-state index contributed by atoms with van der Waals surface area (Å²) in [5, 5.41) is 5.17. The quantitative estimate of drug-likeness (QED) is 0.399. The minimum atomic E-state index is -4.74. The van der Waals surface area contributed by atoms with Gasteiger partial charge in [-0.3, -0.25) is 10.2 Å². The lowest BCUT2D eigenvalue weighted by Gasteiger charge is -2.09. The number of anilines is 1. The molecule has 0 atom stereocenters. The Bertz CT molecular complexity index is 760. The molecule has 0 unspecified atom stereocenters. The number of nitrogens with zero attached hydrogens (tertiary/aromatic N) is 2. The minimum Gasteiger partial charge on any atom is -0.466 e. The van der Waals surface area contributed by atoms with E-state index in [1.165, 1.54) is 6.92 Å². The molecule has 0 fully saturated rings. The molecule has 2 aromatic rings. The van der Waals surface area contributed by atoms with Crippen LogP contribution in [0.25, 0.3) is 11.3 Å². The van der Waals surface area contributed by atoms with E-state index < -0.39 is 24.3 Å². The Labute approximate surface area is 154 Å². The van der Waals surface area contributed by atoms with E-state index in [9.17, 15) is 18.0 Å². The summed E-state index contributed by atoms with van der Waals surface area (Å²) in [6.45, 7) is 1.51. The van der Waals surface area contributed by atoms with Gasteiger partial charge in [-0.25, -0.2) is 4.98 Å². The van der Waals surface area contributed by atoms with Crippen LogP contribution >= 0.6 is 27.3 Å². The molecule has 134 valence electrons. The summed E-state index contributed by atoms with van der Waals surface area (Å²) in [4.78, 5) is 15.5. The molecule has 1 aromatic heterocycles. The molecule has 0 aliphatic carbocycles. The van der Waals surface area contributed by atoms with Crippen LogP contribution in [0.4, 0.5) is 18.3 Å². The second kappa shape index (κ2) is 8.43. The first kappa shape index (κ1) is 19.4. The first-order valence-electron chi connectivity index (χ1n) is 7.06. The molecule has 5 nitrogen and oxygen atoms in total. The fraction of sp³-hybridized carbons (Fsp3) is 0.267. The number of hydrogen-bond acceptors (Lipinski definition) is 6. The third-order valence-corrected chi connectivity index (χ3v) is 4.15. The second-order valence-electron chi connectivity index (χ2n) is 4.69. The molecule has 1 aromatic carbocycles. The molecule has 1 N–H and O–H groups in total. The van der Waals surface area contributed by atoms with Crippen LogP contribution in [0.1, 0.15) is 13.3 Å². The van der Waals surface area contributed by atoms with Gasteiger partial charge in [0.1, 0.15) is 0 Å². The van der Waals surface area contributed by atoms with Gasteiger partial charge < -0.3 is 4.74 Å². The Balaban J connectivity index is 2.12. The number of halogens is 4. The lowest BCUT2D eigenvalue weighted by molar-refractivity contribution is -0.142. The van der Waals surface area contributed by atoms with Gasteiger partial charge >= 0.3 is 12.1 Å². The van der Waals surface area contributed by atoms with Crippen LogP contribution in [0.2, 0.25) is 0 Å². The van der Waals surface area contributed by atoms with Gasteiger partial charge in [-0.2, -0.15) is 18.3 Å². The first-order chi connectivity index (χ1) is 11.8. The molecule has 25 heavy (non-hydrogen) atoms. The van der Waals surface area contributed by atoms with E-state index in [-0.39, 0.29) is 11.7 Å². The average molecular weight is 436 g/mol. The van der Waals surface area contributed by atoms with Crippen LogP contribution in [0.3, 0.4) is 0 Å². The summed E-state index contributed by atoms with van der Waals surface area (Å²) in [5.74, 6) is -0.991. The van der Waals surface area contributed by atoms with Gasteiger partial charge in [-0.15, -0.1) is 11.3 Å². The molecule has 0 saturated heterocycles.